The van der Waals surface area contributed by atoms with Crippen LogP contribution in [0.5, 0.6) is 0 Å². The van der Waals surface area contributed by atoms with Gasteiger partial charge in [0.2, 0.25) is 0 Å². The molecule has 1 aromatic heterocycles. The first kappa shape index (κ1) is 10.5. The lowest BCUT2D eigenvalue weighted by Gasteiger charge is -2.06. The van der Waals surface area contributed by atoms with Crippen molar-refractivity contribution in [3.8, 4) is 0 Å². The first-order valence-corrected chi connectivity index (χ1v) is 5.41. The Morgan fingerprint density at radius 3 is 3.07 bits per heavy atom. The van der Waals surface area contributed by atoms with E-state index in [0.29, 0.717) is 0 Å². The zero-order chi connectivity index (χ0) is 10.8. The number of aromatic nitrogens is 2. The molecule has 0 saturated heterocycles. The third kappa shape index (κ3) is 2.30. The second-order valence-electron chi connectivity index (χ2n) is 3.88. The minimum Gasteiger partial charge on any atom is -0.345 e. The van der Waals surface area contributed by atoms with E-state index in [9.17, 15) is 0 Å². The van der Waals surface area contributed by atoms with Gasteiger partial charge in [0.05, 0.1) is 17.4 Å². The van der Waals surface area contributed by atoms with Crippen molar-refractivity contribution in [3.05, 3.63) is 29.0 Å². The monoisotopic (exact) mass is 223 g/mol. The average Bonchev–Trinajstić information content (AvgIpc) is 2.60. The molecule has 1 heterocycles. The fourth-order valence-electron chi connectivity index (χ4n) is 1.58. The molecule has 80 valence electrons. The molecule has 0 bridgehead atoms. The number of nitrogens with two attached hydrogens (primary N) is 1. The third-order valence-corrected chi connectivity index (χ3v) is 2.81. The Balaban J connectivity index is 2.29. The van der Waals surface area contributed by atoms with Crippen LogP contribution in [-0.4, -0.2) is 16.0 Å². The van der Waals surface area contributed by atoms with E-state index in [2.05, 4.69) is 9.97 Å². The number of nitrogens with zero attached hydrogens (tertiary/aromatic N) is 1. The highest BCUT2D eigenvalue weighted by molar-refractivity contribution is 6.32. The van der Waals surface area contributed by atoms with Crippen molar-refractivity contribution in [1.82, 2.24) is 9.97 Å². The quantitative estimate of drug-likeness (QED) is 0.840. The number of rotatable bonds is 3. The maximum atomic E-state index is 6.15. The van der Waals surface area contributed by atoms with Gasteiger partial charge in [0.1, 0.15) is 0 Å². The van der Waals surface area contributed by atoms with Gasteiger partial charge in [0.25, 0.3) is 0 Å². The van der Waals surface area contributed by atoms with Crippen LogP contribution in [0.15, 0.2) is 18.5 Å². The van der Waals surface area contributed by atoms with Crippen molar-refractivity contribution in [2.24, 2.45) is 5.73 Å². The predicted molar refractivity (Wildman–Crippen MR) is 63.1 cm³/mol. The molecular formula is C11H14ClN3. The zero-order valence-electron chi connectivity index (χ0n) is 8.63. The number of imidazole rings is 1. The highest BCUT2D eigenvalue weighted by Gasteiger charge is 2.05. The minimum absolute atomic E-state index is 0.207. The predicted octanol–water partition coefficient (Wildman–Crippen LogP) is 2.50. The summed E-state index contributed by atoms with van der Waals surface area (Å²) in [6, 6.07) is 4.15. The zero-order valence-corrected chi connectivity index (χ0v) is 9.38. The molecule has 0 spiro atoms. The molecular weight excluding hydrogens is 210 g/mol. The van der Waals surface area contributed by atoms with Gasteiger partial charge in [0, 0.05) is 11.1 Å². The third-order valence-electron chi connectivity index (χ3n) is 2.46. The fourth-order valence-corrected chi connectivity index (χ4v) is 1.83. The minimum atomic E-state index is 0.207. The van der Waals surface area contributed by atoms with Crippen LogP contribution in [0.1, 0.15) is 18.9 Å². The van der Waals surface area contributed by atoms with Crippen LogP contribution in [0.3, 0.4) is 0 Å². The van der Waals surface area contributed by atoms with Gasteiger partial charge in [-0.15, -0.1) is 0 Å². The number of hydrogen-bond donors (Lipinski definition) is 2. The Morgan fingerprint density at radius 2 is 2.33 bits per heavy atom. The van der Waals surface area contributed by atoms with Crippen LogP contribution < -0.4 is 5.73 Å². The average molecular weight is 224 g/mol. The lowest BCUT2D eigenvalue weighted by Crippen LogP contribution is -2.15. The second kappa shape index (κ2) is 4.21. The molecule has 0 aliphatic carbocycles. The number of benzene rings is 1. The Kier molecular flexibility index (Phi) is 2.93. The summed E-state index contributed by atoms with van der Waals surface area (Å²) in [5.41, 5.74) is 8.78. The van der Waals surface area contributed by atoms with Crippen LogP contribution >= 0.6 is 11.6 Å². The summed E-state index contributed by atoms with van der Waals surface area (Å²) >= 11 is 6.15. The molecule has 2 rings (SSSR count). The molecule has 4 heteroatoms. The first-order valence-electron chi connectivity index (χ1n) is 5.04. The number of H-pyrrole nitrogens is 1. The lowest BCUT2D eigenvalue weighted by molar-refractivity contribution is 0.666. The number of nitrogens with one attached hydrogen (secondary N) is 1. The van der Waals surface area contributed by atoms with Crippen molar-refractivity contribution >= 4 is 22.6 Å². The van der Waals surface area contributed by atoms with Crippen LogP contribution in [-0.2, 0) is 6.42 Å². The molecule has 15 heavy (non-hydrogen) atoms. The van der Waals surface area contributed by atoms with E-state index in [-0.39, 0.29) is 6.04 Å². The molecule has 2 aromatic rings. The number of hydrogen-bond acceptors (Lipinski definition) is 2. The molecule has 0 radical (unpaired) electrons. The summed E-state index contributed by atoms with van der Waals surface area (Å²) in [5, 5.41) is 0.773. The largest absolute Gasteiger partial charge is 0.345 e. The van der Waals surface area contributed by atoms with E-state index in [1.165, 1.54) is 0 Å². The molecule has 3 nitrogen and oxygen atoms in total. The van der Waals surface area contributed by atoms with E-state index in [0.717, 1.165) is 34.5 Å². The van der Waals surface area contributed by atoms with Crippen molar-refractivity contribution < 1.29 is 0 Å². The fraction of sp³-hybridized carbons (Fsp3) is 0.364. The van der Waals surface area contributed by atoms with Crippen molar-refractivity contribution in [2.45, 2.75) is 25.8 Å². The summed E-state index contributed by atoms with van der Waals surface area (Å²) in [5.74, 6) is 0. The van der Waals surface area contributed by atoms with E-state index in [4.69, 9.17) is 17.3 Å². The van der Waals surface area contributed by atoms with Gasteiger partial charge >= 0.3 is 0 Å². The normalized spacial score (nSPS) is 13.3. The van der Waals surface area contributed by atoms with E-state index < -0.39 is 0 Å². The van der Waals surface area contributed by atoms with E-state index in [1.807, 2.05) is 19.1 Å². The second-order valence-corrected chi connectivity index (χ2v) is 4.29. The Labute approximate surface area is 93.6 Å². The van der Waals surface area contributed by atoms with Gasteiger partial charge in [-0.2, -0.15) is 0 Å². The van der Waals surface area contributed by atoms with Crippen molar-refractivity contribution in [1.29, 1.82) is 0 Å². The highest BCUT2D eigenvalue weighted by atomic mass is 35.5. The van der Waals surface area contributed by atoms with Gasteiger partial charge in [-0.25, -0.2) is 4.98 Å². The van der Waals surface area contributed by atoms with Crippen molar-refractivity contribution in [3.63, 3.8) is 0 Å². The maximum absolute atomic E-state index is 6.15. The molecule has 0 aliphatic rings. The molecule has 3 N–H and O–H groups in total. The number of fused-ring (bicyclic) bond motifs is 1. The van der Waals surface area contributed by atoms with Gasteiger partial charge in [-0.3, -0.25) is 0 Å². The molecule has 0 saturated carbocycles. The Hall–Kier alpha value is -1.06. The molecule has 0 amide bonds. The van der Waals surface area contributed by atoms with E-state index in [1.54, 1.807) is 6.33 Å². The Morgan fingerprint density at radius 1 is 1.53 bits per heavy atom. The first-order chi connectivity index (χ1) is 7.16. The van der Waals surface area contributed by atoms with Gasteiger partial charge in [-0.1, -0.05) is 11.6 Å². The maximum Gasteiger partial charge on any atom is 0.0931 e. The standard InChI is InChI=1S/C11H14ClN3/c1-7(13)2-3-8-4-10-11(5-9(8)12)15-6-14-10/h4-7H,2-3,13H2,1H3,(H,14,15). The summed E-state index contributed by atoms with van der Waals surface area (Å²) in [6.45, 7) is 2.00. The number of aryl methyl sites for hydroxylation is 1. The number of aromatic amines is 1. The molecule has 0 aliphatic heterocycles. The smallest absolute Gasteiger partial charge is 0.0931 e. The van der Waals surface area contributed by atoms with Gasteiger partial charge in [-0.05, 0) is 37.5 Å². The van der Waals surface area contributed by atoms with E-state index >= 15 is 0 Å². The summed E-state index contributed by atoms with van der Waals surface area (Å²) < 4.78 is 0. The summed E-state index contributed by atoms with van der Waals surface area (Å²) in [4.78, 5) is 7.22. The van der Waals surface area contributed by atoms with Gasteiger partial charge < -0.3 is 10.7 Å². The van der Waals surface area contributed by atoms with Crippen LogP contribution in [0.2, 0.25) is 5.02 Å². The topological polar surface area (TPSA) is 54.7 Å². The van der Waals surface area contributed by atoms with Gasteiger partial charge in [0.15, 0.2) is 0 Å². The van der Waals surface area contributed by atoms with Crippen LogP contribution in [0.4, 0.5) is 0 Å². The SMILES string of the molecule is CC(N)CCc1cc2[nH]cnc2cc1Cl. The Bertz CT molecular complexity index is 462. The van der Waals surface area contributed by atoms with Crippen molar-refractivity contribution in [2.75, 3.05) is 0 Å². The number of halogens is 1. The summed E-state index contributed by atoms with van der Waals surface area (Å²) in [7, 11) is 0. The van der Waals surface area contributed by atoms with Crippen LogP contribution in [0, 0.1) is 0 Å². The molecule has 1 aromatic carbocycles. The summed E-state index contributed by atoms with van der Waals surface area (Å²) in [6.07, 6.45) is 3.53. The highest BCUT2D eigenvalue weighted by Crippen LogP contribution is 2.23. The molecule has 1 atom stereocenters. The molecule has 0 fully saturated rings. The van der Waals surface area contributed by atoms with Crippen LogP contribution in [0.25, 0.3) is 11.0 Å². The lowest BCUT2D eigenvalue weighted by atomic mass is 10.1. The molecule has 1 unspecified atom stereocenters.